The third kappa shape index (κ3) is 1.34. The van der Waals surface area contributed by atoms with Gasteiger partial charge in [0.25, 0.3) is 0 Å². The Labute approximate surface area is 94.5 Å². The Morgan fingerprint density at radius 1 is 1.31 bits per heavy atom. The lowest BCUT2D eigenvalue weighted by atomic mass is 10.2. The van der Waals surface area contributed by atoms with Crippen molar-refractivity contribution < 1.29 is 0 Å². The van der Waals surface area contributed by atoms with Crippen molar-refractivity contribution in [3.63, 3.8) is 0 Å². The van der Waals surface area contributed by atoms with Crippen molar-refractivity contribution in [2.75, 3.05) is 18.1 Å². The van der Waals surface area contributed by atoms with Gasteiger partial charge in [0.2, 0.25) is 0 Å². The summed E-state index contributed by atoms with van der Waals surface area (Å²) in [6.07, 6.45) is 2.80. The Hall–Kier alpha value is -1.97. The molecule has 0 amide bonds. The molecule has 2 heterocycles. The normalized spacial score (nSPS) is 18.6. The standard InChI is InChI=1S/C12H14N4/c13-10-7-14-8-15-12(10)16-6-5-9-3-1-2-4-11(9)16/h1-4,7,15H,5-6,8,13H2. The summed E-state index contributed by atoms with van der Waals surface area (Å²) in [5.74, 6) is 0.986. The van der Waals surface area contributed by atoms with Crippen molar-refractivity contribution in [2.45, 2.75) is 6.42 Å². The minimum atomic E-state index is 0.606. The molecule has 0 saturated carbocycles. The Morgan fingerprint density at radius 2 is 2.19 bits per heavy atom. The van der Waals surface area contributed by atoms with E-state index in [0.717, 1.165) is 18.8 Å². The lowest BCUT2D eigenvalue weighted by molar-refractivity contribution is 0.747. The highest BCUT2D eigenvalue weighted by molar-refractivity contribution is 5.81. The molecule has 3 rings (SSSR count). The van der Waals surface area contributed by atoms with Crippen LogP contribution in [-0.4, -0.2) is 19.4 Å². The van der Waals surface area contributed by atoms with E-state index in [1.54, 1.807) is 6.21 Å². The first kappa shape index (κ1) is 9.27. The van der Waals surface area contributed by atoms with Crippen molar-refractivity contribution in [2.24, 2.45) is 10.7 Å². The third-order valence-corrected chi connectivity index (χ3v) is 3.00. The number of nitrogens with one attached hydrogen (secondary N) is 1. The maximum atomic E-state index is 5.94. The van der Waals surface area contributed by atoms with Gasteiger partial charge in [0.05, 0.1) is 11.9 Å². The first-order valence-electron chi connectivity index (χ1n) is 5.45. The van der Waals surface area contributed by atoms with E-state index in [2.05, 4.69) is 39.5 Å². The van der Waals surface area contributed by atoms with Gasteiger partial charge in [0.1, 0.15) is 12.5 Å². The summed E-state index contributed by atoms with van der Waals surface area (Å²) in [5, 5.41) is 3.23. The summed E-state index contributed by atoms with van der Waals surface area (Å²) in [6.45, 7) is 1.59. The summed E-state index contributed by atoms with van der Waals surface area (Å²) in [6, 6.07) is 8.44. The molecule has 2 aliphatic rings. The molecule has 0 fully saturated rings. The number of anilines is 1. The molecule has 0 spiro atoms. The molecule has 2 aliphatic heterocycles. The molecule has 82 valence electrons. The summed E-state index contributed by atoms with van der Waals surface area (Å²) in [5.41, 5.74) is 9.29. The van der Waals surface area contributed by atoms with Crippen molar-refractivity contribution >= 4 is 11.9 Å². The van der Waals surface area contributed by atoms with E-state index in [-0.39, 0.29) is 0 Å². The predicted octanol–water partition coefficient (Wildman–Crippen LogP) is 0.808. The average molecular weight is 214 g/mol. The monoisotopic (exact) mass is 214 g/mol. The van der Waals surface area contributed by atoms with Crippen molar-refractivity contribution in [1.29, 1.82) is 0 Å². The number of nitrogens with zero attached hydrogens (tertiary/aromatic N) is 2. The van der Waals surface area contributed by atoms with Crippen LogP contribution >= 0.6 is 0 Å². The van der Waals surface area contributed by atoms with Gasteiger partial charge in [-0.2, -0.15) is 0 Å². The summed E-state index contributed by atoms with van der Waals surface area (Å²) in [7, 11) is 0. The number of para-hydroxylation sites is 1. The maximum absolute atomic E-state index is 5.94. The zero-order chi connectivity index (χ0) is 11.0. The Balaban J connectivity index is 2.02. The highest BCUT2D eigenvalue weighted by Crippen LogP contribution is 2.30. The van der Waals surface area contributed by atoms with Crippen molar-refractivity contribution in [1.82, 2.24) is 5.32 Å². The predicted molar refractivity (Wildman–Crippen MR) is 65.2 cm³/mol. The molecular formula is C12H14N4. The minimum absolute atomic E-state index is 0.606. The first-order chi connectivity index (χ1) is 7.86. The Morgan fingerprint density at radius 3 is 3.06 bits per heavy atom. The molecule has 0 aliphatic carbocycles. The van der Waals surface area contributed by atoms with E-state index < -0.39 is 0 Å². The average Bonchev–Trinajstić information content (AvgIpc) is 2.74. The summed E-state index contributed by atoms with van der Waals surface area (Å²) in [4.78, 5) is 6.32. The van der Waals surface area contributed by atoms with Crippen LogP contribution in [0.5, 0.6) is 0 Å². The van der Waals surface area contributed by atoms with Gasteiger partial charge in [0.15, 0.2) is 0 Å². The van der Waals surface area contributed by atoms with Crippen molar-refractivity contribution in [3.8, 4) is 0 Å². The van der Waals surface area contributed by atoms with Gasteiger partial charge in [-0.25, -0.2) is 0 Å². The van der Waals surface area contributed by atoms with E-state index in [1.165, 1.54) is 11.3 Å². The molecule has 1 aromatic rings. The topological polar surface area (TPSA) is 53.6 Å². The number of benzene rings is 1. The van der Waals surface area contributed by atoms with Gasteiger partial charge >= 0.3 is 0 Å². The van der Waals surface area contributed by atoms with Gasteiger partial charge in [0, 0.05) is 12.2 Å². The fraction of sp³-hybridized carbons (Fsp3) is 0.250. The zero-order valence-electron chi connectivity index (χ0n) is 8.98. The summed E-state index contributed by atoms with van der Waals surface area (Å²) < 4.78 is 0. The van der Waals surface area contributed by atoms with Gasteiger partial charge in [-0.05, 0) is 18.1 Å². The fourth-order valence-electron chi connectivity index (χ4n) is 2.25. The SMILES string of the molecule is NC1=C(N2CCc3ccccc32)NCN=C1. The first-order valence-corrected chi connectivity index (χ1v) is 5.45. The molecule has 3 N–H and O–H groups in total. The quantitative estimate of drug-likeness (QED) is 0.727. The van der Waals surface area contributed by atoms with E-state index >= 15 is 0 Å². The smallest absolute Gasteiger partial charge is 0.133 e. The lowest BCUT2D eigenvalue weighted by Crippen LogP contribution is -2.36. The van der Waals surface area contributed by atoms with Crippen LogP contribution in [0.3, 0.4) is 0 Å². The van der Waals surface area contributed by atoms with Gasteiger partial charge in [-0.3, -0.25) is 4.99 Å². The minimum Gasteiger partial charge on any atom is -0.395 e. The highest BCUT2D eigenvalue weighted by Gasteiger charge is 2.23. The van der Waals surface area contributed by atoms with Crippen LogP contribution in [0.25, 0.3) is 0 Å². The molecular weight excluding hydrogens is 200 g/mol. The number of nitrogens with two attached hydrogens (primary N) is 1. The number of rotatable bonds is 1. The van der Waals surface area contributed by atoms with Gasteiger partial charge in [-0.1, -0.05) is 18.2 Å². The largest absolute Gasteiger partial charge is 0.395 e. The molecule has 0 bridgehead atoms. The van der Waals surface area contributed by atoms with Crippen LogP contribution in [0.4, 0.5) is 5.69 Å². The van der Waals surface area contributed by atoms with Crippen LogP contribution in [0, 0.1) is 0 Å². The highest BCUT2D eigenvalue weighted by atomic mass is 15.3. The van der Waals surface area contributed by atoms with Crippen LogP contribution in [0.1, 0.15) is 5.56 Å². The maximum Gasteiger partial charge on any atom is 0.133 e. The van der Waals surface area contributed by atoms with Gasteiger partial charge < -0.3 is 16.0 Å². The second kappa shape index (κ2) is 3.56. The third-order valence-electron chi connectivity index (χ3n) is 3.00. The number of fused-ring (bicyclic) bond motifs is 1. The number of aliphatic imine (C=N–C) groups is 1. The molecule has 0 unspecified atom stereocenters. The lowest BCUT2D eigenvalue weighted by Gasteiger charge is -2.26. The Kier molecular flexibility index (Phi) is 2.06. The molecule has 4 nitrogen and oxygen atoms in total. The molecule has 1 aromatic carbocycles. The molecule has 0 aromatic heterocycles. The van der Waals surface area contributed by atoms with Crippen LogP contribution in [0.15, 0.2) is 40.8 Å². The van der Waals surface area contributed by atoms with E-state index in [0.29, 0.717) is 12.4 Å². The van der Waals surface area contributed by atoms with E-state index in [9.17, 15) is 0 Å². The van der Waals surface area contributed by atoms with Crippen LogP contribution in [0.2, 0.25) is 0 Å². The fourth-order valence-corrected chi connectivity index (χ4v) is 2.25. The molecule has 0 atom stereocenters. The number of hydrogen-bond donors (Lipinski definition) is 2. The van der Waals surface area contributed by atoms with E-state index in [1.807, 2.05) is 0 Å². The zero-order valence-corrected chi connectivity index (χ0v) is 8.98. The second-order valence-corrected chi connectivity index (χ2v) is 3.98. The molecule has 4 heteroatoms. The number of allylic oxidation sites excluding steroid dienone is 1. The second-order valence-electron chi connectivity index (χ2n) is 3.98. The molecule has 0 saturated heterocycles. The van der Waals surface area contributed by atoms with Crippen LogP contribution in [-0.2, 0) is 6.42 Å². The van der Waals surface area contributed by atoms with Crippen LogP contribution < -0.4 is 16.0 Å². The molecule has 16 heavy (non-hydrogen) atoms. The van der Waals surface area contributed by atoms with E-state index in [4.69, 9.17) is 5.73 Å². The number of hydrogen-bond acceptors (Lipinski definition) is 4. The Bertz CT molecular complexity index is 476. The van der Waals surface area contributed by atoms with Crippen molar-refractivity contribution in [3.05, 3.63) is 41.3 Å². The molecule has 0 radical (unpaired) electrons. The van der Waals surface area contributed by atoms with Gasteiger partial charge in [-0.15, -0.1) is 0 Å². The summed E-state index contributed by atoms with van der Waals surface area (Å²) >= 11 is 0.